The van der Waals surface area contributed by atoms with Crippen LogP contribution in [0.5, 0.6) is 5.75 Å². The van der Waals surface area contributed by atoms with Gasteiger partial charge in [0.1, 0.15) is 5.69 Å². The van der Waals surface area contributed by atoms with Gasteiger partial charge in [0.15, 0.2) is 23.0 Å². The van der Waals surface area contributed by atoms with Crippen molar-refractivity contribution < 1.29 is 27.1 Å². The third kappa shape index (κ3) is 3.56. The molecule has 5 rings (SSSR count). The van der Waals surface area contributed by atoms with E-state index in [1.807, 2.05) is 6.26 Å². The van der Waals surface area contributed by atoms with Gasteiger partial charge < -0.3 is 10.0 Å². The zero-order chi connectivity index (χ0) is 24.4. The number of alkyl halides is 3. The van der Waals surface area contributed by atoms with E-state index >= 15 is 0 Å². The first-order chi connectivity index (χ1) is 16.1. The van der Waals surface area contributed by atoms with E-state index in [4.69, 9.17) is 0 Å². The Kier molecular flexibility index (Phi) is 5.39. The molecule has 2 fully saturated rings. The lowest BCUT2D eigenvalue weighted by atomic mass is 10.0. The maximum absolute atomic E-state index is 14.7. The monoisotopic (exact) mass is 500 g/mol. The predicted octanol–water partition coefficient (Wildman–Crippen LogP) is 4.45. The Labute approximate surface area is 195 Å². The van der Waals surface area contributed by atoms with Crippen LogP contribution in [-0.2, 0) is 12.7 Å². The van der Waals surface area contributed by atoms with Gasteiger partial charge in [-0.2, -0.15) is 23.3 Å². The third-order valence-electron chi connectivity index (χ3n) is 6.46. The molecule has 0 bridgehead atoms. The van der Waals surface area contributed by atoms with Crippen LogP contribution in [0.2, 0.25) is 0 Å². The fraction of sp³-hybridized carbons (Fsp3) is 0.476. The standard InChI is InChI=1S/C21H21F5N6OS/c1-3-32-18-12(9-27-19(28-18)31-7-6-30(34-2)10-20(31)4-5-20)16(29-32)11-8-13(21(24,25)26)15(23)17(33)14(11)22/h8-9,33H,3-7,10H2,1-2H3. The van der Waals surface area contributed by atoms with Gasteiger partial charge in [0.25, 0.3) is 0 Å². The Bertz CT molecular complexity index is 1270. The van der Waals surface area contributed by atoms with Crippen molar-refractivity contribution >= 4 is 28.9 Å². The molecule has 0 radical (unpaired) electrons. The number of nitrogens with zero attached hydrogens (tertiary/aromatic N) is 6. The van der Waals surface area contributed by atoms with Crippen molar-refractivity contribution in [3.8, 4) is 17.0 Å². The zero-order valence-corrected chi connectivity index (χ0v) is 19.1. The predicted molar refractivity (Wildman–Crippen MR) is 117 cm³/mol. The maximum atomic E-state index is 14.7. The van der Waals surface area contributed by atoms with Crippen LogP contribution in [0.4, 0.5) is 27.9 Å². The van der Waals surface area contributed by atoms with Crippen LogP contribution < -0.4 is 4.90 Å². The molecule has 2 aromatic heterocycles. The highest BCUT2D eigenvalue weighted by Gasteiger charge is 2.52. The molecule has 1 saturated heterocycles. The van der Waals surface area contributed by atoms with Gasteiger partial charge in [-0.1, -0.05) is 11.9 Å². The van der Waals surface area contributed by atoms with Crippen LogP contribution in [0, 0.1) is 11.6 Å². The number of fused-ring (bicyclic) bond motifs is 1. The number of aryl methyl sites for hydroxylation is 1. The van der Waals surface area contributed by atoms with Crippen LogP contribution in [0.25, 0.3) is 22.3 Å². The van der Waals surface area contributed by atoms with Crippen molar-refractivity contribution in [2.75, 3.05) is 30.8 Å². The molecule has 1 spiro atoms. The molecule has 13 heteroatoms. The Balaban J connectivity index is 1.63. The highest BCUT2D eigenvalue weighted by atomic mass is 32.2. The summed E-state index contributed by atoms with van der Waals surface area (Å²) in [7, 11) is 0. The first-order valence-electron chi connectivity index (χ1n) is 10.7. The van der Waals surface area contributed by atoms with Gasteiger partial charge in [0.2, 0.25) is 5.95 Å². The van der Waals surface area contributed by atoms with E-state index in [2.05, 4.69) is 24.3 Å². The van der Waals surface area contributed by atoms with Crippen molar-refractivity contribution in [2.24, 2.45) is 0 Å². The Morgan fingerprint density at radius 1 is 1.18 bits per heavy atom. The smallest absolute Gasteiger partial charge is 0.419 e. The molecule has 1 aliphatic carbocycles. The van der Waals surface area contributed by atoms with Gasteiger partial charge in [0.05, 0.1) is 16.5 Å². The van der Waals surface area contributed by atoms with E-state index in [0.717, 1.165) is 32.5 Å². The van der Waals surface area contributed by atoms with E-state index in [0.29, 0.717) is 24.2 Å². The van der Waals surface area contributed by atoms with Crippen LogP contribution in [0.15, 0.2) is 12.3 Å². The largest absolute Gasteiger partial charge is 0.503 e. The van der Waals surface area contributed by atoms with Crippen molar-refractivity contribution in [1.29, 1.82) is 0 Å². The highest BCUT2D eigenvalue weighted by molar-refractivity contribution is 7.96. The Hall–Kier alpha value is -2.67. The summed E-state index contributed by atoms with van der Waals surface area (Å²) in [6, 6.07) is 0.320. The van der Waals surface area contributed by atoms with E-state index < -0.39 is 34.7 Å². The first-order valence-corrected chi connectivity index (χ1v) is 11.9. The van der Waals surface area contributed by atoms with Gasteiger partial charge in [-0.3, -0.25) is 0 Å². The number of anilines is 1. The molecule has 0 atom stereocenters. The van der Waals surface area contributed by atoms with Crippen molar-refractivity contribution in [2.45, 2.75) is 38.0 Å². The van der Waals surface area contributed by atoms with Crippen LogP contribution in [0.3, 0.4) is 0 Å². The minimum absolute atomic E-state index is 0.0503. The van der Waals surface area contributed by atoms with Crippen LogP contribution in [-0.4, -0.2) is 60.6 Å². The lowest BCUT2D eigenvalue weighted by Crippen LogP contribution is -2.53. The van der Waals surface area contributed by atoms with Crippen LogP contribution in [0.1, 0.15) is 25.3 Å². The molecular weight excluding hydrogens is 479 g/mol. The van der Waals surface area contributed by atoms with Gasteiger partial charge in [-0.05, 0) is 32.1 Å². The number of halogens is 5. The molecule has 7 nitrogen and oxygen atoms in total. The number of hydrogen-bond acceptors (Lipinski definition) is 7. The van der Waals surface area contributed by atoms with Gasteiger partial charge >= 0.3 is 6.18 Å². The summed E-state index contributed by atoms with van der Waals surface area (Å²) in [5.74, 6) is -4.82. The summed E-state index contributed by atoms with van der Waals surface area (Å²) >= 11 is 1.69. The zero-order valence-electron chi connectivity index (χ0n) is 18.3. The van der Waals surface area contributed by atoms with Crippen LogP contribution >= 0.6 is 11.9 Å². The van der Waals surface area contributed by atoms with Gasteiger partial charge in [-0.15, -0.1) is 0 Å². The van der Waals surface area contributed by atoms with Gasteiger partial charge in [0, 0.05) is 37.9 Å². The van der Waals surface area contributed by atoms with Crippen molar-refractivity contribution in [3.05, 3.63) is 29.5 Å². The molecule has 1 aromatic carbocycles. The van der Waals surface area contributed by atoms with E-state index in [9.17, 15) is 27.1 Å². The topological polar surface area (TPSA) is 70.3 Å². The molecule has 3 aromatic rings. The fourth-order valence-electron chi connectivity index (χ4n) is 4.48. The first kappa shape index (κ1) is 23.1. The second kappa shape index (κ2) is 7.94. The number of phenolic OH excluding ortho intramolecular Hbond substituents is 1. The fourth-order valence-corrected chi connectivity index (χ4v) is 5.12. The summed E-state index contributed by atoms with van der Waals surface area (Å²) in [5.41, 5.74) is -2.38. The summed E-state index contributed by atoms with van der Waals surface area (Å²) in [6.07, 6.45) is 0.310. The summed E-state index contributed by atoms with van der Waals surface area (Å²) in [6.45, 7) is 4.47. The second-order valence-electron chi connectivity index (χ2n) is 8.44. The van der Waals surface area contributed by atoms with Crippen molar-refractivity contribution in [3.63, 3.8) is 0 Å². The molecule has 0 unspecified atom stereocenters. The molecular formula is C21H21F5N6OS. The molecule has 182 valence electrons. The number of benzene rings is 1. The highest BCUT2D eigenvalue weighted by Crippen LogP contribution is 2.47. The van der Waals surface area contributed by atoms with Gasteiger partial charge in [-0.25, -0.2) is 22.8 Å². The average molecular weight is 500 g/mol. The Morgan fingerprint density at radius 3 is 2.53 bits per heavy atom. The molecule has 1 saturated carbocycles. The maximum Gasteiger partial charge on any atom is 0.419 e. The number of rotatable bonds is 4. The third-order valence-corrected chi connectivity index (χ3v) is 7.28. The number of aromatic hydroxyl groups is 1. The lowest BCUT2D eigenvalue weighted by Gasteiger charge is -2.41. The molecule has 1 N–H and O–H groups in total. The molecule has 1 aliphatic heterocycles. The molecule has 2 aliphatic rings. The average Bonchev–Trinajstić information content (AvgIpc) is 3.46. The molecule has 34 heavy (non-hydrogen) atoms. The second-order valence-corrected chi connectivity index (χ2v) is 9.32. The normalized spacial score (nSPS) is 18.3. The van der Waals surface area contributed by atoms with E-state index in [-0.39, 0.29) is 16.6 Å². The summed E-state index contributed by atoms with van der Waals surface area (Å²) in [4.78, 5) is 11.2. The number of aromatic nitrogens is 4. The number of phenols is 1. The Morgan fingerprint density at radius 2 is 1.91 bits per heavy atom. The molecule has 3 heterocycles. The van der Waals surface area contributed by atoms with Crippen molar-refractivity contribution in [1.82, 2.24) is 24.1 Å². The summed E-state index contributed by atoms with van der Waals surface area (Å²) < 4.78 is 72.3. The quantitative estimate of drug-likeness (QED) is 0.419. The minimum atomic E-state index is -5.13. The molecule has 0 amide bonds. The number of piperazine rings is 1. The SMILES string of the molecule is CCn1nc(-c2cc(C(F)(F)F)c(F)c(O)c2F)c2cnc(N3CCN(SC)CC34CC4)nc21. The summed E-state index contributed by atoms with van der Waals surface area (Å²) in [5, 5.41) is 14.2. The minimum Gasteiger partial charge on any atom is -0.503 e. The van der Waals surface area contributed by atoms with E-state index in [1.54, 1.807) is 18.9 Å². The number of hydrogen-bond donors (Lipinski definition) is 1. The van der Waals surface area contributed by atoms with E-state index in [1.165, 1.54) is 10.9 Å². The lowest BCUT2D eigenvalue weighted by molar-refractivity contribution is -0.140.